The lowest BCUT2D eigenvalue weighted by Gasteiger charge is -2.10. The van der Waals surface area contributed by atoms with E-state index in [9.17, 15) is 9.90 Å². The fourth-order valence-corrected chi connectivity index (χ4v) is 1.47. The summed E-state index contributed by atoms with van der Waals surface area (Å²) in [6.45, 7) is 1.92. The van der Waals surface area contributed by atoms with Gasteiger partial charge in [-0.15, -0.1) is 0 Å². The molecule has 0 fully saturated rings. The highest BCUT2D eigenvalue weighted by Crippen LogP contribution is 2.37. The monoisotopic (exact) mass is 239 g/mol. The molecule has 6 nitrogen and oxygen atoms in total. The van der Waals surface area contributed by atoms with Gasteiger partial charge in [-0.1, -0.05) is 0 Å². The van der Waals surface area contributed by atoms with E-state index >= 15 is 0 Å². The lowest BCUT2D eigenvalue weighted by molar-refractivity contribution is -0.139. The number of ether oxygens (including phenoxy) is 2. The Morgan fingerprint density at radius 2 is 2.12 bits per heavy atom. The van der Waals surface area contributed by atoms with Gasteiger partial charge in [0.1, 0.15) is 11.8 Å². The number of hydrogen-bond acceptors (Lipinski definition) is 5. The SMILES string of the molecule is CC(NCc1cc2c(cc1O)OCO2)C(=O)O. The molecule has 1 atom stereocenters. The maximum absolute atomic E-state index is 10.6. The second-order valence-electron chi connectivity index (χ2n) is 3.78. The maximum Gasteiger partial charge on any atom is 0.320 e. The number of nitrogens with one attached hydrogen (secondary N) is 1. The van der Waals surface area contributed by atoms with Gasteiger partial charge in [0.15, 0.2) is 11.5 Å². The third-order valence-electron chi connectivity index (χ3n) is 2.54. The van der Waals surface area contributed by atoms with Crippen LogP contribution < -0.4 is 14.8 Å². The summed E-state index contributed by atoms with van der Waals surface area (Å²) in [6.07, 6.45) is 0. The molecule has 92 valence electrons. The van der Waals surface area contributed by atoms with Crippen molar-refractivity contribution in [3.63, 3.8) is 0 Å². The van der Waals surface area contributed by atoms with Gasteiger partial charge in [-0.05, 0) is 13.0 Å². The fourth-order valence-electron chi connectivity index (χ4n) is 1.47. The van der Waals surface area contributed by atoms with Crippen LogP contribution >= 0.6 is 0 Å². The second kappa shape index (κ2) is 4.50. The molecule has 2 rings (SSSR count). The Labute approximate surface area is 97.8 Å². The van der Waals surface area contributed by atoms with E-state index in [1.807, 2.05) is 0 Å². The van der Waals surface area contributed by atoms with Crippen LogP contribution in [0.4, 0.5) is 0 Å². The van der Waals surface area contributed by atoms with Gasteiger partial charge in [0.05, 0.1) is 0 Å². The highest BCUT2D eigenvalue weighted by Gasteiger charge is 2.18. The molecule has 0 aromatic heterocycles. The van der Waals surface area contributed by atoms with E-state index in [2.05, 4.69) is 5.32 Å². The largest absolute Gasteiger partial charge is 0.507 e. The number of phenols is 1. The predicted octanol–water partition coefficient (Wildman–Crippen LogP) is 0.684. The van der Waals surface area contributed by atoms with E-state index in [0.717, 1.165) is 0 Å². The standard InChI is InChI=1S/C11H13NO5/c1-6(11(14)15)12-4-7-2-9-10(3-8(7)13)17-5-16-9/h2-3,6,12-13H,4-5H2,1H3,(H,14,15). The van der Waals surface area contributed by atoms with E-state index in [0.29, 0.717) is 17.1 Å². The van der Waals surface area contributed by atoms with Gasteiger partial charge in [0.25, 0.3) is 0 Å². The molecule has 3 N–H and O–H groups in total. The summed E-state index contributed by atoms with van der Waals surface area (Å²) in [5.74, 6) is 0.171. The van der Waals surface area contributed by atoms with Crippen molar-refractivity contribution in [2.75, 3.05) is 6.79 Å². The molecule has 0 radical (unpaired) electrons. The first kappa shape index (κ1) is 11.5. The minimum absolute atomic E-state index is 0.0549. The van der Waals surface area contributed by atoms with Crippen LogP contribution in [0.5, 0.6) is 17.2 Å². The molecule has 17 heavy (non-hydrogen) atoms. The Morgan fingerprint density at radius 3 is 2.76 bits per heavy atom. The summed E-state index contributed by atoms with van der Waals surface area (Å²) in [4.78, 5) is 10.6. The zero-order valence-corrected chi connectivity index (χ0v) is 9.27. The molecule has 1 aromatic carbocycles. The normalized spacial score (nSPS) is 14.6. The van der Waals surface area contributed by atoms with Crippen molar-refractivity contribution in [1.29, 1.82) is 0 Å². The quantitative estimate of drug-likeness (QED) is 0.716. The van der Waals surface area contributed by atoms with Gasteiger partial charge < -0.3 is 25.0 Å². The number of carboxylic acids is 1. The van der Waals surface area contributed by atoms with Gasteiger partial charge in [-0.2, -0.15) is 0 Å². The van der Waals surface area contributed by atoms with Gasteiger partial charge in [-0.3, -0.25) is 4.79 Å². The highest BCUT2D eigenvalue weighted by molar-refractivity contribution is 5.72. The van der Waals surface area contributed by atoms with Crippen molar-refractivity contribution in [2.45, 2.75) is 19.5 Å². The number of fused-ring (bicyclic) bond motifs is 1. The van der Waals surface area contributed by atoms with E-state index < -0.39 is 12.0 Å². The summed E-state index contributed by atoms with van der Waals surface area (Å²) < 4.78 is 10.3. The molecular formula is C11H13NO5. The molecule has 0 aliphatic carbocycles. The first-order chi connectivity index (χ1) is 8.08. The Bertz CT molecular complexity index is 446. The second-order valence-corrected chi connectivity index (χ2v) is 3.78. The summed E-state index contributed by atoms with van der Waals surface area (Å²) in [5, 5.41) is 21.2. The van der Waals surface area contributed by atoms with E-state index in [1.54, 1.807) is 6.07 Å². The molecule has 0 spiro atoms. The summed E-state index contributed by atoms with van der Waals surface area (Å²) in [6, 6.07) is 2.42. The average Bonchev–Trinajstić information content (AvgIpc) is 2.72. The number of aromatic hydroxyl groups is 1. The molecule has 0 bridgehead atoms. The topological polar surface area (TPSA) is 88.0 Å². The number of aliphatic carboxylic acids is 1. The first-order valence-corrected chi connectivity index (χ1v) is 5.15. The van der Waals surface area contributed by atoms with Crippen LogP contribution in [-0.2, 0) is 11.3 Å². The zero-order valence-electron chi connectivity index (χ0n) is 9.27. The van der Waals surface area contributed by atoms with Crippen LogP contribution in [0.15, 0.2) is 12.1 Å². The third-order valence-corrected chi connectivity index (χ3v) is 2.54. The van der Waals surface area contributed by atoms with E-state index in [-0.39, 0.29) is 19.1 Å². The Morgan fingerprint density at radius 1 is 1.47 bits per heavy atom. The Balaban J connectivity index is 2.09. The lowest BCUT2D eigenvalue weighted by Crippen LogP contribution is -2.33. The van der Waals surface area contributed by atoms with Gasteiger partial charge in [0.2, 0.25) is 6.79 Å². The smallest absolute Gasteiger partial charge is 0.320 e. The van der Waals surface area contributed by atoms with Crippen molar-refractivity contribution in [1.82, 2.24) is 5.32 Å². The third kappa shape index (κ3) is 2.42. The number of carbonyl (C=O) groups is 1. The Hall–Kier alpha value is -1.95. The molecule has 0 saturated carbocycles. The van der Waals surface area contributed by atoms with Crippen LogP contribution in [0.3, 0.4) is 0 Å². The van der Waals surface area contributed by atoms with Gasteiger partial charge in [0, 0.05) is 18.2 Å². The molecule has 1 aliphatic rings. The van der Waals surface area contributed by atoms with E-state index in [1.165, 1.54) is 13.0 Å². The molecule has 1 aliphatic heterocycles. The van der Waals surface area contributed by atoms with Crippen molar-refractivity contribution >= 4 is 5.97 Å². The molecule has 1 heterocycles. The fraction of sp³-hybridized carbons (Fsp3) is 0.364. The minimum Gasteiger partial charge on any atom is -0.507 e. The minimum atomic E-state index is -0.940. The van der Waals surface area contributed by atoms with Gasteiger partial charge >= 0.3 is 5.97 Å². The van der Waals surface area contributed by atoms with Gasteiger partial charge in [-0.25, -0.2) is 0 Å². The average molecular weight is 239 g/mol. The summed E-state index contributed by atoms with van der Waals surface area (Å²) in [5.41, 5.74) is 0.572. The van der Waals surface area contributed by atoms with E-state index in [4.69, 9.17) is 14.6 Å². The molecule has 0 saturated heterocycles. The molecular weight excluding hydrogens is 226 g/mol. The number of phenolic OH excluding ortho intramolecular Hbond substituents is 1. The lowest BCUT2D eigenvalue weighted by atomic mass is 10.1. The number of rotatable bonds is 4. The van der Waals surface area contributed by atoms with Crippen LogP contribution in [0.1, 0.15) is 12.5 Å². The van der Waals surface area contributed by atoms with Crippen LogP contribution in [0.25, 0.3) is 0 Å². The molecule has 1 aromatic rings. The summed E-state index contributed by atoms with van der Waals surface area (Å²) >= 11 is 0. The van der Waals surface area contributed by atoms with Crippen molar-refractivity contribution in [2.24, 2.45) is 0 Å². The van der Waals surface area contributed by atoms with Crippen LogP contribution in [-0.4, -0.2) is 29.0 Å². The molecule has 1 unspecified atom stereocenters. The zero-order chi connectivity index (χ0) is 12.4. The molecule has 6 heteroatoms. The van der Waals surface area contributed by atoms with Crippen LogP contribution in [0, 0.1) is 0 Å². The van der Waals surface area contributed by atoms with Crippen LogP contribution in [0.2, 0.25) is 0 Å². The number of benzene rings is 1. The van der Waals surface area contributed by atoms with Crippen molar-refractivity contribution < 1.29 is 24.5 Å². The van der Waals surface area contributed by atoms with Crippen molar-refractivity contribution in [3.8, 4) is 17.2 Å². The number of carboxylic acid groups (broad SMARTS) is 1. The highest BCUT2D eigenvalue weighted by atomic mass is 16.7. The molecule has 0 amide bonds. The number of hydrogen-bond donors (Lipinski definition) is 3. The predicted molar refractivity (Wildman–Crippen MR) is 58.2 cm³/mol. The maximum atomic E-state index is 10.6. The first-order valence-electron chi connectivity index (χ1n) is 5.15. The Kier molecular flexibility index (Phi) is 3.06. The summed E-state index contributed by atoms with van der Waals surface area (Å²) in [7, 11) is 0. The van der Waals surface area contributed by atoms with Crippen molar-refractivity contribution in [3.05, 3.63) is 17.7 Å².